The summed E-state index contributed by atoms with van der Waals surface area (Å²) in [4.78, 5) is 38.9. The molecule has 0 fully saturated rings. The molecule has 25 heavy (non-hydrogen) atoms. The summed E-state index contributed by atoms with van der Waals surface area (Å²) >= 11 is 1.11. The van der Waals surface area contributed by atoms with Crippen molar-refractivity contribution in [2.45, 2.75) is 31.9 Å². The Kier molecular flexibility index (Phi) is 6.29. The van der Waals surface area contributed by atoms with Gasteiger partial charge in [0.05, 0.1) is 23.1 Å². The molecule has 0 aliphatic heterocycles. The van der Waals surface area contributed by atoms with Gasteiger partial charge in [0.1, 0.15) is 5.03 Å². The summed E-state index contributed by atoms with van der Waals surface area (Å²) in [6.45, 7) is 5.22. The molecule has 0 saturated carbocycles. The average molecular weight is 362 g/mol. The Morgan fingerprint density at radius 3 is 2.84 bits per heavy atom. The smallest absolute Gasteiger partial charge is 0.362 e. The third-order valence-electron chi connectivity index (χ3n) is 2.90. The molecular formula is C16H18N4O4S. The summed E-state index contributed by atoms with van der Waals surface area (Å²) in [6.07, 6.45) is -0.222. The van der Waals surface area contributed by atoms with Gasteiger partial charge in [-0.1, -0.05) is 17.8 Å². The minimum absolute atomic E-state index is 0.0552. The van der Waals surface area contributed by atoms with E-state index in [4.69, 9.17) is 4.74 Å². The van der Waals surface area contributed by atoms with Gasteiger partial charge >= 0.3 is 11.7 Å². The third-order valence-corrected chi connectivity index (χ3v) is 3.96. The maximum Gasteiger partial charge on any atom is 0.362 e. The molecule has 0 atom stereocenters. The maximum absolute atomic E-state index is 12.1. The number of carbonyl (C=O) groups excluding carboxylic acids is 2. The number of aromatic amines is 1. The van der Waals surface area contributed by atoms with E-state index < -0.39 is 11.7 Å². The molecule has 1 aromatic carbocycles. The Hall–Kier alpha value is -2.68. The van der Waals surface area contributed by atoms with Crippen molar-refractivity contribution in [1.82, 2.24) is 15.2 Å². The highest BCUT2D eigenvalue weighted by Crippen LogP contribution is 2.17. The van der Waals surface area contributed by atoms with E-state index in [1.165, 1.54) is 0 Å². The van der Waals surface area contributed by atoms with E-state index in [1.54, 1.807) is 45.0 Å². The van der Waals surface area contributed by atoms with Crippen molar-refractivity contribution >= 4 is 29.3 Å². The minimum Gasteiger partial charge on any atom is -0.459 e. The molecular weight excluding hydrogens is 344 g/mol. The monoisotopic (exact) mass is 362 g/mol. The Morgan fingerprint density at radius 1 is 1.36 bits per heavy atom. The number of nitrogens with zero attached hydrogens (tertiary/aromatic N) is 2. The number of H-pyrrole nitrogens is 1. The fraction of sp³-hybridized carbons (Fsp3) is 0.312. The standard InChI is InChI=1S/C16H18N4O4S/c1-9(2)24-15(22)11-5-4-6-12(7-11)17-13(21)8-25-14-10(3)19-20-16(23)18-14/h4-7,9H,8H2,1-3H3,(H,17,21)(H,18,20,23). The van der Waals surface area contributed by atoms with Crippen molar-refractivity contribution in [3.05, 3.63) is 46.0 Å². The van der Waals surface area contributed by atoms with Gasteiger partial charge in [0.15, 0.2) is 0 Å². The third kappa shape index (κ3) is 5.71. The predicted octanol–water partition coefficient (Wildman–Crippen LogP) is 1.77. The Morgan fingerprint density at radius 2 is 2.12 bits per heavy atom. The van der Waals surface area contributed by atoms with E-state index in [0.717, 1.165) is 11.8 Å². The first-order valence-corrected chi connectivity index (χ1v) is 8.50. The molecule has 8 nitrogen and oxygen atoms in total. The molecule has 9 heteroatoms. The van der Waals surface area contributed by atoms with Crippen LogP contribution in [0.15, 0.2) is 34.1 Å². The second kappa shape index (κ2) is 8.43. The lowest BCUT2D eigenvalue weighted by Crippen LogP contribution is -2.17. The highest BCUT2D eigenvalue weighted by atomic mass is 32.2. The normalized spacial score (nSPS) is 10.6. The van der Waals surface area contributed by atoms with Crippen LogP contribution in [0.3, 0.4) is 0 Å². The van der Waals surface area contributed by atoms with E-state index in [0.29, 0.717) is 22.0 Å². The zero-order valence-electron chi connectivity index (χ0n) is 14.0. The van der Waals surface area contributed by atoms with Gasteiger partial charge in [-0.3, -0.25) is 4.79 Å². The lowest BCUT2D eigenvalue weighted by Gasteiger charge is -2.10. The zero-order chi connectivity index (χ0) is 18.4. The molecule has 0 spiro atoms. The van der Waals surface area contributed by atoms with Crippen LogP contribution in [-0.4, -0.2) is 38.9 Å². The predicted molar refractivity (Wildman–Crippen MR) is 93.7 cm³/mol. The lowest BCUT2D eigenvalue weighted by molar-refractivity contribution is -0.113. The minimum atomic E-state index is -0.565. The largest absolute Gasteiger partial charge is 0.459 e. The number of esters is 1. The fourth-order valence-electron chi connectivity index (χ4n) is 1.85. The SMILES string of the molecule is Cc1n[nH]c(=O)nc1SCC(=O)Nc1cccc(C(=O)OC(C)C)c1. The number of aromatic nitrogens is 3. The van der Waals surface area contributed by atoms with Crippen molar-refractivity contribution in [2.24, 2.45) is 0 Å². The first-order chi connectivity index (χ1) is 11.8. The number of ether oxygens (including phenoxy) is 1. The summed E-state index contributed by atoms with van der Waals surface area (Å²) in [6, 6.07) is 6.49. The second-order valence-electron chi connectivity index (χ2n) is 5.40. The first-order valence-electron chi connectivity index (χ1n) is 7.52. The molecule has 0 aliphatic rings. The van der Waals surface area contributed by atoms with Crippen molar-refractivity contribution in [3.63, 3.8) is 0 Å². The summed E-state index contributed by atoms with van der Waals surface area (Å²) < 4.78 is 5.12. The number of amides is 1. The number of carbonyl (C=O) groups is 2. The van der Waals surface area contributed by atoms with E-state index in [-0.39, 0.29) is 17.8 Å². The number of hydrogen-bond acceptors (Lipinski definition) is 7. The van der Waals surface area contributed by atoms with Gasteiger partial charge in [0.25, 0.3) is 0 Å². The Balaban J connectivity index is 1.97. The zero-order valence-corrected chi connectivity index (χ0v) is 14.8. The van der Waals surface area contributed by atoms with E-state index in [9.17, 15) is 14.4 Å². The molecule has 1 aromatic heterocycles. The van der Waals surface area contributed by atoms with Gasteiger partial charge in [-0.15, -0.1) is 0 Å². The second-order valence-corrected chi connectivity index (χ2v) is 6.37. The van der Waals surface area contributed by atoms with Crippen molar-refractivity contribution in [1.29, 1.82) is 0 Å². The molecule has 2 aromatic rings. The average Bonchev–Trinajstić information content (AvgIpc) is 2.55. The molecule has 1 amide bonds. The molecule has 0 unspecified atom stereocenters. The molecule has 0 radical (unpaired) electrons. The van der Waals surface area contributed by atoms with E-state index in [1.807, 2.05) is 0 Å². The van der Waals surface area contributed by atoms with Gasteiger partial charge in [-0.05, 0) is 39.0 Å². The lowest BCUT2D eigenvalue weighted by atomic mass is 10.2. The van der Waals surface area contributed by atoms with Crippen molar-refractivity contribution in [2.75, 3.05) is 11.1 Å². The molecule has 0 aliphatic carbocycles. The van der Waals surface area contributed by atoms with Crippen LogP contribution in [0.2, 0.25) is 0 Å². The van der Waals surface area contributed by atoms with E-state index in [2.05, 4.69) is 20.5 Å². The number of aryl methyl sites for hydroxylation is 1. The van der Waals surface area contributed by atoms with Crippen LogP contribution in [0, 0.1) is 6.92 Å². The van der Waals surface area contributed by atoms with Gasteiger partial charge < -0.3 is 10.1 Å². The van der Waals surface area contributed by atoms with Crippen LogP contribution in [0.1, 0.15) is 29.9 Å². The molecule has 132 valence electrons. The number of anilines is 1. The number of rotatable bonds is 6. The number of benzene rings is 1. The van der Waals surface area contributed by atoms with Crippen LogP contribution in [-0.2, 0) is 9.53 Å². The van der Waals surface area contributed by atoms with Gasteiger partial charge in [0.2, 0.25) is 5.91 Å². The maximum atomic E-state index is 12.1. The molecule has 1 heterocycles. The highest BCUT2D eigenvalue weighted by molar-refractivity contribution is 8.00. The van der Waals surface area contributed by atoms with Crippen LogP contribution in [0.4, 0.5) is 5.69 Å². The number of hydrogen-bond donors (Lipinski definition) is 2. The number of nitrogens with one attached hydrogen (secondary N) is 2. The van der Waals surface area contributed by atoms with Gasteiger partial charge in [-0.2, -0.15) is 10.1 Å². The van der Waals surface area contributed by atoms with E-state index >= 15 is 0 Å². The summed E-state index contributed by atoms with van der Waals surface area (Å²) in [5, 5.41) is 9.10. The van der Waals surface area contributed by atoms with Crippen molar-refractivity contribution < 1.29 is 14.3 Å². The Labute approximate surface area is 148 Å². The van der Waals surface area contributed by atoms with Crippen molar-refractivity contribution in [3.8, 4) is 0 Å². The molecule has 2 rings (SSSR count). The summed E-state index contributed by atoms with van der Waals surface area (Å²) in [5.41, 5.74) is 0.814. The van der Waals surface area contributed by atoms with Crippen LogP contribution < -0.4 is 11.0 Å². The first kappa shape index (κ1) is 18.7. The Bertz CT molecular complexity index is 835. The van der Waals surface area contributed by atoms with Gasteiger partial charge in [-0.25, -0.2) is 14.7 Å². The quantitative estimate of drug-likeness (QED) is 0.594. The summed E-state index contributed by atoms with van der Waals surface area (Å²) in [5.74, 6) is -0.685. The molecule has 2 N–H and O–H groups in total. The molecule has 0 bridgehead atoms. The topological polar surface area (TPSA) is 114 Å². The summed E-state index contributed by atoms with van der Waals surface area (Å²) in [7, 11) is 0. The number of thioether (sulfide) groups is 1. The van der Waals surface area contributed by atoms with Gasteiger partial charge in [0, 0.05) is 5.69 Å². The van der Waals surface area contributed by atoms with Crippen LogP contribution in [0.25, 0.3) is 0 Å². The van der Waals surface area contributed by atoms with Crippen LogP contribution in [0.5, 0.6) is 0 Å². The molecule has 0 saturated heterocycles. The highest BCUT2D eigenvalue weighted by Gasteiger charge is 2.12. The fourth-order valence-corrected chi connectivity index (χ4v) is 2.59. The van der Waals surface area contributed by atoms with Crippen LogP contribution >= 0.6 is 11.8 Å².